The molecule has 0 aromatic heterocycles. The summed E-state index contributed by atoms with van der Waals surface area (Å²) in [6, 6.07) is 11.3. The Balaban J connectivity index is 1.67. The standard InChI is InChI=1S/C28H33N5O6S/c1-5-39-25-13-10-22(18-24(25)27(34)31(4)19-29)7-6-21-8-11-23(12-9-21)32-14-16-33(17-15-32)40(37,38)30-26(20(2)3)28(35)36/h8-13,18,20,26,30H,5,14-17H2,1-4H3,(H,35,36)/t26-/m1/s1. The normalized spacial score (nSPS) is 14.6. The van der Waals surface area contributed by atoms with Gasteiger partial charge in [0.2, 0.25) is 0 Å². The fourth-order valence-corrected chi connectivity index (χ4v) is 5.56. The number of carboxylic acids is 1. The summed E-state index contributed by atoms with van der Waals surface area (Å²) < 4.78 is 34.5. The smallest absolute Gasteiger partial charge is 0.322 e. The average molecular weight is 568 g/mol. The van der Waals surface area contributed by atoms with Gasteiger partial charge in [0.1, 0.15) is 11.8 Å². The third-order valence-corrected chi connectivity index (χ3v) is 7.93. The molecule has 0 bridgehead atoms. The van der Waals surface area contributed by atoms with Gasteiger partial charge < -0.3 is 14.7 Å². The van der Waals surface area contributed by atoms with Crippen LogP contribution in [0, 0.1) is 29.2 Å². The number of benzene rings is 2. The molecule has 1 fully saturated rings. The van der Waals surface area contributed by atoms with E-state index in [1.807, 2.05) is 31.2 Å². The molecular formula is C28H33N5O6S. The first-order valence-electron chi connectivity index (χ1n) is 12.8. The maximum atomic E-state index is 12.7. The molecule has 1 aliphatic heterocycles. The van der Waals surface area contributed by atoms with Crippen LogP contribution in [-0.2, 0) is 15.0 Å². The van der Waals surface area contributed by atoms with E-state index >= 15 is 0 Å². The van der Waals surface area contributed by atoms with E-state index in [0.717, 1.165) is 16.2 Å². The second-order valence-electron chi connectivity index (χ2n) is 9.47. The molecule has 1 aliphatic rings. The summed E-state index contributed by atoms with van der Waals surface area (Å²) in [5.41, 5.74) is 2.51. The Morgan fingerprint density at radius 2 is 1.68 bits per heavy atom. The number of amides is 1. The van der Waals surface area contributed by atoms with Crippen molar-refractivity contribution in [2.24, 2.45) is 5.92 Å². The van der Waals surface area contributed by atoms with Crippen molar-refractivity contribution in [3.63, 3.8) is 0 Å². The van der Waals surface area contributed by atoms with Crippen molar-refractivity contribution in [1.29, 1.82) is 5.26 Å². The number of hydrogen-bond donors (Lipinski definition) is 2. The number of nitrogens with zero attached hydrogens (tertiary/aromatic N) is 4. The van der Waals surface area contributed by atoms with Crippen LogP contribution in [0.5, 0.6) is 5.75 Å². The maximum absolute atomic E-state index is 12.7. The molecule has 3 rings (SSSR count). The summed E-state index contributed by atoms with van der Waals surface area (Å²) in [6.45, 7) is 6.83. The lowest BCUT2D eigenvalue weighted by Gasteiger charge is -2.36. The van der Waals surface area contributed by atoms with E-state index in [-0.39, 0.29) is 24.6 Å². The first kappa shape index (κ1) is 30.4. The van der Waals surface area contributed by atoms with E-state index in [0.29, 0.717) is 31.0 Å². The molecule has 11 nitrogen and oxygen atoms in total. The molecule has 2 N–H and O–H groups in total. The summed E-state index contributed by atoms with van der Waals surface area (Å²) in [5, 5.41) is 18.4. The quantitative estimate of drug-likeness (QED) is 0.266. The highest BCUT2D eigenvalue weighted by Gasteiger charge is 2.33. The van der Waals surface area contributed by atoms with Gasteiger partial charge in [0.05, 0.1) is 12.2 Å². The van der Waals surface area contributed by atoms with Gasteiger partial charge >= 0.3 is 5.97 Å². The van der Waals surface area contributed by atoms with Gasteiger partial charge in [-0.25, -0.2) is 4.90 Å². The van der Waals surface area contributed by atoms with Crippen molar-refractivity contribution in [3.05, 3.63) is 59.2 Å². The highest BCUT2D eigenvalue weighted by atomic mass is 32.2. The highest BCUT2D eigenvalue weighted by Crippen LogP contribution is 2.22. The minimum atomic E-state index is -3.93. The number of piperazine rings is 1. The molecule has 12 heteroatoms. The zero-order valence-corrected chi connectivity index (χ0v) is 23.7. The number of aliphatic carboxylic acids is 1. The molecule has 212 valence electrons. The monoisotopic (exact) mass is 567 g/mol. The number of carboxylic acid groups (broad SMARTS) is 1. The van der Waals surface area contributed by atoms with Crippen molar-refractivity contribution in [2.75, 3.05) is 44.7 Å². The lowest BCUT2D eigenvalue weighted by Crippen LogP contribution is -2.55. The van der Waals surface area contributed by atoms with Gasteiger partial charge in [0.15, 0.2) is 6.19 Å². The van der Waals surface area contributed by atoms with Crippen LogP contribution in [0.3, 0.4) is 0 Å². The fourth-order valence-electron chi connectivity index (χ4n) is 4.08. The Bertz CT molecular complexity index is 1430. The van der Waals surface area contributed by atoms with Crippen molar-refractivity contribution < 1.29 is 27.9 Å². The lowest BCUT2D eigenvalue weighted by molar-refractivity contribution is -0.140. The van der Waals surface area contributed by atoms with E-state index in [1.165, 1.54) is 11.4 Å². The van der Waals surface area contributed by atoms with Gasteiger partial charge in [0.25, 0.3) is 16.1 Å². The average Bonchev–Trinajstić information content (AvgIpc) is 2.94. The second-order valence-corrected chi connectivity index (χ2v) is 11.2. The van der Waals surface area contributed by atoms with E-state index in [1.54, 1.807) is 38.2 Å². The molecule has 0 spiro atoms. The van der Waals surface area contributed by atoms with Crippen LogP contribution < -0.4 is 14.4 Å². The Kier molecular flexibility index (Phi) is 10.1. The van der Waals surface area contributed by atoms with Gasteiger partial charge in [-0.15, -0.1) is 0 Å². The van der Waals surface area contributed by atoms with Gasteiger partial charge in [-0.2, -0.15) is 22.7 Å². The molecule has 1 saturated heterocycles. The third-order valence-electron chi connectivity index (χ3n) is 6.34. The van der Waals surface area contributed by atoms with Crippen molar-refractivity contribution in [2.45, 2.75) is 26.8 Å². The number of hydrogen-bond acceptors (Lipinski definition) is 7. The van der Waals surface area contributed by atoms with Crippen LogP contribution in [0.2, 0.25) is 0 Å². The highest BCUT2D eigenvalue weighted by molar-refractivity contribution is 7.87. The van der Waals surface area contributed by atoms with Gasteiger partial charge in [-0.3, -0.25) is 9.59 Å². The summed E-state index contributed by atoms with van der Waals surface area (Å²) in [5.74, 6) is 4.42. The van der Waals surface area contributed by atoms with Crippen LogP contribution in [0.15, 0.2) is 42.5 Å². The number of carbonyl (C=O) groups excluding carboxylic acids is 1. The topological polar surface area (TPSA) is 143 Å². The molecule has 1 amide bonds. The molecule has 0 aliphatic carbocycles. The lowest BCUT2D eigenvalue weighted by atomic mass is 10.1. The summed E-state index contributed by atoms with van der Waals surface area (Å²) in [7, 11) is -2.55. The van der Waals surface area contributed by atoms with Gasteiger partial charge in [-0.1, -0.05) is 25.7 Å². The summed E-state index contributed by atoms with van der Waals surface area (Å²) in [4.78, 5) is 27.0. The van der Waals surface area contributed by atoms with Gasteiger partial charge in [-0.05, 0) is 55.3 Å². The second kappa shape index (κ2) is 13.3. The van der Waals surface area contributed by atoms with Crippen molar-refractivity contribution >= 4 is 27.8 Å². The number of rotatable bonds is 9. The van der Waals surface area contributed by atoms with Crippen molar-refractivity contribution in [3.8, 4) is 23.8 Å². The van der Waals surface area contributed by atoms with Gasteiger partial charge in [0, 0.05) is 50.0 Å². The van der Waals surface area contributed by atoms with E-state index in [4.69, 9.17) is 10.00 Å². The molecule has 2 aromatic rings. The predicted octanol–water partition coefficient (Wildman–Crippen LogP) is 2.10. The molecule has 1 heterocycles. The molecule has 2 aromatic carbocycles. The van der Waals surface area contributed by atoms with E-state index < -0.39 is 28.1 Å². The Morgan fingerprint density at radius 3 is 2.23 bits per heavy atom. The first-order valence-corrected chi connectivity index (χ1v) is 14.2. The van der Waals surface area contributed by atoms with E-state index in [9.17, 15) is 23.1 Å². The molecule has 0 saturated carbocycles. The molecule has 0 radical (unpaired) electrons. The fraction of sp³-hybridized carbons (Fsp3) is 0.393. The largest absolute Gasteiger partial charge is 0.493 e. The van der Waals surface area contributed by atoms with Crippen LogP contribution in [0.1, 0.15) is 42.3 Å². The number of anilines is 1. The third kappa shape index (κ3) is 7.51. The maximum Gasteiger partial charge on any atom is 0.322 e. The number of carbonyl (C=O) groups is 2. The van der Waals surface area contributed by atoms with Crippen LogP contribution in [0.25, 0.3) is 0 Å². The minimum Gasteiger partial charge on any atom is -0.493 e. The molecule has 1 atom stereocenters. The Labute approximate surface area is 235 Å². The van der Waals surface area contributed by atoms with E-state index in [2.05, 4.69) is 21.5 Å². The number of ether oxygens (including phenoxy) is 1. The summed E-state index contributed by atoms with van der Waals surface area (Å²) >= 11 is 0. The number of nitrogens with one attached hydrogen (secondary N) is 1. The zero-order chi connectivity index (χ0) is 29.4. The Morgan fingerprint density at radius 1 is 1.07 bits per heavy atom. The van der Waals surface area contributed by atoms with Crippen LogP contribution >= 0.6 is 0 Å². The Hall–Kier alpha value is -4.10. The van der Waals surface area contributed by atoms with Crippen molar-refractivity contribution in [1.82, 2.24) is 13.9 Å². The van der Waals surface area contributed by atoms with Crippen LogP contribution in [-0.4, -0.2) is 80.5 Å². The SMILES string of the molecule is CCOc1ccc(C#Cc2ccc(N3CCN(S(=O)(=O)N[C@@H](C(=O)O)C(C)C)CC3)cc2)cc1C(=O)N(C)C#N. The van der Waals surface area contributed by atoms with Crippen LogP contribution in [0.4, 0.5) is 5.69 Å². The molecule has 0 unspecified atom stereocenters. The predicted molar refractivity (Wildman–Crippen MR) is 150 cm³/mol. The summed E-state index contributed by atoms with van der Waals surface area (Å²) in [6.07, 6.45) is 1.80. The minimum absolute atomic E-state index is 0.223. The first-order chi connectivity index (χ1) is 19.0. The zero-order valence-electron chi connectivity index (χ0n) is 22.9. The number of nitriles is 1. The molecule has 40 heavy (non-hydrogen) atoms. The molecular weight excluding hydrogens is 534 g/mol.